The summed E-state index contributed by atoms with van der Waals surface area (Å²) < 4.78 is 40.1. The molecule has 0 radical (unpaired) electrons. The summed E-state index contributed by atoms with van der Waals surface area (Å²) in [5.74, 6) is 0.509. The maximum Gasteiger partial charge on any atom is 0.419 e. The van der Waals surface area contributed by atoms with Crippen molar-refractivity contribution in [3.8, 4) is 6.07 Å². The second kappa shape index (κ2) is 10.7. The van der Waals surface area contributed by atoms with Gasteiger partial charge in [0.05, 0.1) is 35.5 Å². The van der Waals surface area contributed by atoms with Crippen molar-refractivity contribution in [2.75, 3.05) is 36.2 Å². The predicted octanol–water partition coefficient (Wildman–Crippen LogP) is 4.77. The number of nitrogens with zero attached hydrogens (tertiary/aromatic N) is 5. The van der Waals surface area contributed by atoms with Gasteiger partial charge in [-0.2, -0.15) is 23.5 Å². The van der Waals surface area contributed by atoms with Crippen LogP contribution in [0.2, 0.25) is 5.15 Å². The Morgan fingerprint density at radius 3 is 2.94 bits per heavy atom. The van der Waals surface area contributed by atoms with E-state index in [1.165, 1.54) is 36.2 Å². The molecule has 0 aliphatic carbocycles. The molecule has 1 aliphatic rings. The zero-order valence-corrected chi connectivity index (χ0v) is 19.9. The first-order valence-electron chi connectivity index (χ1n) is 9.36. The van der Waals surface area contributed by atoms with Gasteiger partial charge in [-0.15, -0.1) is 0 Å². The molecular weight excluding hydrogens is 531 g/mol. The highest BCUT2D eigenvalue weighted by Gasteiger charge is 2.36. The van der Waals surface area contributed by atoms with E-state index in [1.807, 2.05) is 11.2 Å². The summed E-state index contributed by atoms with van der Waals surface area (Å²) in [7, 11) is 0. The molecule has 0 saturated carbocycles. The van der Waals surface area contributed by atoms with Crippen molar-refractivity contribution in [3.05, 3.63) is 39.0 Å². The summed E-state index contributed by atoms with van der Waals surface area (Å²) in [5, 5.41) is 16.9. The van der Waals surface area contributed by atoms with E-state index in [4.69, 9.17) is 16.9 Å². The largest absolute Gasteiger partial charge is 0.419 e. The van der Waals surface area contributed by atoms with Gasteiger partial charge in [0, 0.05) is 30.1 Å². The lowest BCUT2D eigenvalue weighted by Crippen LogP contribution is -2.51. The molecule has 1 fully saturated rings. The van der Waals surface area contributed by atoms with Crippen LogP contribution in [0, 0.1) is 11.3 Å². The molecule has 3 rings (SSSR count). The lowest BCUT2D eigenvalue weighted by molar-refractivity contribution is -0.137. The average molecular weight is 549 g/mol. The number of nitrogens with one attached hydrogen (secondary N) is 2. The molecule has 2 heterocycles. The number of thioether (sulfide) groups is 1. The third kappa shape index (κ3) is 5.83. The normalized spacial score (nSPS) is 16.9. The molecule has 32 heavy (non-hydrogen) atoms. The Morgan fingerprint density at radius 1 is 1.47 bits per heavy atom. The number of aromatic nitrogens is 2. The number of hydrazone groups is 1. The van der Waals surface area contributed by atoms with Gasteiger partial charge in [-0.05, 0) is 18.4 Å². The fraction of sp³-hybridized carbons (Fsp3) is 0.368. The number of benzene rings is 1. The number of piperazine rings is 1. The summed E-state index contributed by atoms with van der Waals surface area (Å²) in [5.41, 5.74) is 1.75. The SMILES string of the molecule is CSc1nc(Cl)c(/C=N/Nc2cccc(Br)c2C(F)(F)F)c(N2CCNC(CC#N)C2)n1. The second-order valence-electron chi connectivity index (χ2n) is 6.73. The van der Waals surface area contributed by atoms with Crippen molar-refractivity contribution in [2.24, 2.45) is 5.10 Å². The molecule has 0 bridgehead atoms. The van der Waals surface area contributed by atoms with Gasteiger partial charge in [0.15, 0.2) is 5.16 Å². The molecule has 2 N–H and O–H groups in total. The van der Waals surface area contributed by atoms with E-state index >= 15 is 0 Å². The quantitative estimate of drug-likeness (QED) is 0.177. The third-order valence-corrected chi connectivity index (χ3v) is 6.11. The maximum atomic E-state index is 13.4. The Hall–Kier alpha value is -2.07. The first-order valence-corrected chi connectivity index (χ1v) is 11.8. The van der Waals surface area contributed by atoms with Crippen LogP contribution in [0.4, 0.5) is 24.7 Å². The van der Waals surface area contributed by atoms with Crippen LogP contribution in [0.15, 0.2) is 32.9 Å². The van der Waals surface area contributed by atoms with Gasteiger partial charge in [-0.3, -0.25) is 5.43 Å². The average Bonchev–Trinajstić information content (AvgIpc) is 2.74. The molecular formula is C19H18BrClF3N7S. The number of nitriles is 1. The summed E-state index contributed by atoms with van der Waals surface area (Å²) >= 11 is 10.6. The molecule has 1 aromatic carbocycles. The monoisotopic (exact) mass is 547 g/mol. The van der Waals surface area contributed by atoms with E-state index in [9.17, 15) is 13.2 Å². The zero-order chi connectivity index (χ0) is 23.3. The van der Waals surface area contributed by atoms with Crippen molar-refractivity contribution in [1.29, 1.82) is 5.26 Å². The first kappa shape index (κ1) is 24.6. The van der Waals surface area contributed by atoms with Crippen molar-refractivity contribution >= 4 is 57.0 Å². The smallest absolute Gasteiger partial charge is 0.353 e. The molecule has 1 aliphatic heterocycles. The molecule has 1 atom stereocenters. The summed E-state index contributed by atoms with van der Waals surface area (Å²) in [6, 6.07) is 6.17. The Kier molecular flexibility index (Phi) is 8.21. The number of hydrogen-bond acceptors (Lipinski definition) is 8. The summed E-state index contributed by atoms with van der Waals surface area (Å²) in [6.07, 6.45) is -1.11. The van der Waals surface area contributed by atoms with Crippen LogP contribution >= 0.6 is 39.3 Å². The van der Waals surface area contributed by atoms with Crippen molar-refractivity contribution in [2.45, 2.75) is 23.8 Å². The van der Waals surface area contributed by atoms with E-state index in [0.29, 0.717) is 42.6 Å². The Morgan fingerprint density at radius 2 is 2.25 bits per heavy atom. The van der Waals surface area contributed by atoms with Gasteiger partial charge < -0.3 is 10.2 Å². The van der Waals surface area contributed by atoms with Crippen LogP contribution in [-0.4, -0.2) is 48.1 Å². The van der Waals surface area contributed by atoms with Crippen LogP contribution in [0.3, 0.4) is 0 Å². The van der Waals surface area contributed by atoms with E-state index in [0.717, 1.165) is 0 Å². The minimum Gasteiger partial charge on any atom is -0.353 e. The maximum absolute atomic E-state index is 13.4. The first-order chi connectivity index (χ1) is 15.2. The Balaban J connectivity index is 1.93. The van der Waals surface area contributed by atoms with Crippen molar-refractivity contribution in [3.63, 3.8) is 0 Å². The number of halogens is 5. The molecule has 1 saturated heterocycles. The zero-order valence-electron chi connectivity index (χ0n) is 16.7. The Labute approximate surface area is 200 Å². The number of anilines is 2. The molecule has 7 nitrogen and oxygen atoms in total. The highest BCUT2D eigenvalue weighted by Crippen LogP contribution is 2.39. The van der Waals surface area contributed by atoms with Gasteiger partial charge >= 0.3 is 6.18 Å². The van der Waals surface area contributed by atoms with Crippen molar-refractivity contribution < 1.29 is 13.2 Å². The van der Waals surface area contributed by atoms with E-state index in [-0.39, 0.29) is 21.4 Å². The third-order valence-electron chi connectivity index (χ3n) is 4.61. The van der Waals surface area contributed by atoms with E-state index in [2.05, 4.69) is 47.8 Å². The highest BCUT2D eigenvalue weighted by molar-refractivity contribution is 9.10. The van der Waals surface area contributed by atoms with Gasteiger partial charge in [0.25, 0.3) is 0 Å². The molecule has 170 valence electrons. The number of hydrogen-bond donors (Lipinski definition) is 2. The van der Waals surface area contributed by atoms with Crippen LogP contribution < -0.4 is 15.6 Å². The molecule has 2 aromatic rings. The fourth-order valence-electron chi connectivity index (χ4n) is 3.19. The van der Waals surface area contributed by atoms with Crippen LogP contribution in [-0.2, 0) is 6.18 Å². The van der Waals surface area contributed by atoms with Gasteiger partial charge in [0.1, 0.15) is 11.0 Å². The summed E-state index contributed by atoms with van der Waals surface area (Å²) in [6.45, 7) is 1.78. The Bertz CT molecular complexity index is 1040. The molecule has 0 spiro atoms. The van der Waals surface area contributed by atoms with Crippen molar-refractivity contribution in [1.82, 2.24) is 15.3 Å². The minimum atomic E-state index is -4.57. The van der Waals surface area contributed by atoms with Gasteiger partial charge in [-0.1, -0.05) is 45.4 Å². The highest BCUT2D eigenvalue weighted by atomic mass is 79.9. The number of alkyl halides is 3. The van der Waals surface area contributed by atoms with E-state index < -0.39 is 11.7 Å². The van der Waals surface area contributed by atoms with Crippen LogP contribution in [0.1, 0.15) is 17.5 Å². The molecule has 0 amide bonds. The molecule has 13 heteroatoms. The molecule has 1 unspecified atom stereocenters. The minimum absolute atomic E-state index is 0.0425. The predicted molar refractivity (Wildman–Crippen MR) is 123 cm³/mol. The van der Waals surface area contributed by atoms with Gasteiger partial charge in [-0.25, -0.2) is 9.97 Å². The lowest BCUT2D eigenvalue weighted by atomic mass is 10.1. The lowest BCUT2D eigenvalue weighted by Gasteiger charge is -2.34. The van der Waals surface area contributed by atoms with Gasteiger partial charge in [0.2, 0.25) is 0 Å². The van der Waals surface area contributed by atoms with Crippen LogP contribution in [0.5, 0.6) is 0 Å². The van der Waals surface area contributed by atoms with E-state index in [1.54, 1.807) is 0 Å². The summed E-state index contributed by atoms with van der Waals surface area (Å²) in [4.78, 5) is 10.7. The fourth-order valence-corrected chi connectivity index (χ4v) is 4.41. The standard InChI is InChI=1S/C19H18BrClF3N7S/c1-32-18-28-16(21)12(17(29-18)31-8-7-26-11(10-31)5-6-25)9-27-30-14-4-2-3-13(20)15(14)19(22,23)24/h2-4,9,11,26,30H,5,7-8,10H2,1H3/b27-9+. The molecule has 1 aromatic heterocycles. The van der Waals surface area contributed by atoms with Crippen LogP contribution in [0.25, 0.3) is 0 Å². The topological polar surface area (TPSA) is 89.2 Å². The second-order valence-corrected chi connectivity index (χ2v) is 8.71. The number of rotatable bonds is 6.